The fraction of sp³-hybridized carbons (Fsp3) is 0.269. The van der Waals surface area contributed by atoms with Crippen LogP contribution in [-0.4, -0.2) is 72.2 Å². The second-order valence-electron chi connectivity index (χ2n) is 7.89. The number of nitrogens with zero attached hydrogens (tertiary/aromatic N) is 3. The lowest BCUT2D eigenvalue weighted by atomic mass is 10.2. The molecule has 0 fully saturated rings. The number of carboxylic acid groups (broad SMARTS) is 1. The van der Waals surface area contributed by atoms with Gasteiger partial charge in [0.25, 0.3) is 10.0 Å². The number of alkyl halides is 2. The molecular formula is C26H29F2N3O8S2. The lowest BCUT2D eigenvalue weighted by molar-refractivity contribution is -0.141. The number of rotatable bonds is 9. The van der Waals surface area contributed by atoms with E-state index in [1.165, 1.54) is 26.4 Å². The SMILES string of the molecule is COC(F)F.COCC(=O)O.COc1c(C)ccnc1CS(=O)c1nc2ccccc2n1S(=O)(=O)c1ccccc1. The normalized spacial score (nSPS) is 11.7. The van der Waals surface area contributed by atoms with Crippen LogP contribution in [0.25, 0.3) is 11.0 Å². The first-order valence-corrected chi connectivity index (χ1v) is 14.4. The number of benzene rings is 2. The largest absolute Gasteiger partial charge is 0.495 e. The maximum atomic E-state index is 13.4. The standard InChI is InChI=1S/C21H19N3O4S2.C3H6O3.C2H4F2O/c1-15-12-13-22-18(20(15)28-2)14-29(25)21-23-17-10-6-7-11-19(17)24(21)30(26,27)16-8-4-3-5-9-16;1-6-2-3(4)5;1-5-2(3)4/h3-13H,14H2,1-2H3;2H2,1H3,(H,4,5);2H,1H3. The fourth-order valence-corrected chi connectivity index (χ4v) is 6.33. The molecular weight excluding hydrogens is 584 g/mol. The van der Waals surface area contributed by atoms with Crippen molar-refractivity contribution in [1.29, 1.82) is 0 Å². The van der Waals surface area contributed by atoms with Gasteiger partial charge in [-0.05, 0) is 42.8 Å². The number of fused-ring (bicyclic) bond motifs is 1. The molecule has 2 heterocycles. The molecule has 1 N–H and O–H groups in total. The summed E-state index contributed by atoms with van der Waals surface area (Å²) in [6.45, 7) is -0.961. The average molecular weight is 614 g/mol. The van der Waals surface area contributed by atoms with Gasteiger partial charge in [-0.25, -0.2) is 22.2 Å². The van der Waals surface area contributed by atoms with Crippen LogP contribution in [0.15, 0.2) is 76.9 Å². The molecule has 4 rings (SSSR count). The summed E-state index contributed by atoms with van der Waals surface area (Å²) in [7, 11) is -1.98. The monoisotopic (exact) mass is 613 g/mol. The number of hydrogen-bond acceptors (Lipinski definition) is 9. The third-order valence-corrected chi connectivity index (χ3v) is 8.12. The number of carbonyl (C=O) groups is 1. The van der Waals surface area contributed by atoms with Crippen LogP contribution in [0.1, 0.15) is 11.3 Å². The predicted octanol–water partition coefficient (Wildman–Crippen LogP) is 3.87. The van der Waals surface area contributed by atoms with E-state index in [-0.39, 0.29) is 22.4 Å². The minimum absolute atomic E-state index is 0.0293. The number of hydrogen-bond donors (Lipinski definition) is 1. The van der Waals surface area contributed by atoms with Crippen molar-refractivity contribution in [2.45, 2.75) is 29.3 Å². The van der Waals surface area contributed by atoms with E-state index in [1.807, 2.05) is 6.92 Å². The minimum atomic E-state index is -4.00. The minimum Gasteiger partial charge on any atom is -0.495 e. The highest BCUT2D eigenvalue weighted by Crippen LogP contribution is 2.28. The van der Waals surface area contributed by atoms with Gasteiger partial charge in [0.05, 0.1) is 45.3 Å². The number of aryl methyl sites for hydroxylation is 1. The smallest absolute Gasteiger partial charge is 0.345 e. The molecule has 15 heteroatoms. The Morgan fingerprint density at radius 1 is 1.05 bits per heavy atom. The van der Waals surface area contributed by atoms with Gasteiger partial charge in [0.1, 0.15) is 12.4 Å². The first-order chi connectivity index (χ1) is 19.5. The molecule has 0 saturated carbocycles. The van der Waals surface area contributed by atoms with Crippen LogP contribution in [0, 0.1) is 6.92 Å². The van der Waals surface area contributed by atoms with E-state index in [1.54, 1.807) is 54.7 Å². The van der Waals surface area contributed by atoms with E-state index in [4.69, 9.17) is 9.84 Å². The molecule has 222 valence electrons. The van der Waals surface area contributed by atoms with Crippen LogP contribution in [0.2, 0.25) is 0 Å². The summed E-state index contributed by atoms with van der Waals surface area (Å²) in [5.74, 6) is -0.435. The zero-order valence-corrected chi connectivity index (χ0v) is 24.2. The highest BCUT2D eigenvalue weighted by Gasteiger charge is 2.28. The quantitative estimate of drug-likeness (QED) is 0.295. The van der Waals surface area contributed by atoms with Gasteiger partial charge >= 0.3 is 12.6 Å². The molecule has 0 aliphatic carbocycles. The van der Waals surface area contributed by atoms with Gasteiger partial charge in [-0.3, -0.25) is 9.19 Å². The molecule has 0 aliphatic heterocycles. The van der Waals surface area contributed by atoms with Crippen molar-refractivity contribution in [2.75, 3.05) is 27.9 Å². The Hall–Kier alpha value is -3.79. The second kappa shape index (κ2) is 15.9. The third-order valence-electron chi connectivity index (χ3n) is 5.07. The molecule has 0 spiro atoms. The number of methoxy groups -OCH3 is 3. The van der Waals surface area contributed by atoms with Gasteiger partial charge in [0, 0.05) is 20.4 Å². The molecule has 2 aromatic carbocycles. The van der Waals surface area contributed by atoms with Crippen LogP contribution in [0.5, 0.6) is 5.75 Å². The Bertz CT molecular complexity index is 1570. The third kappa shape index (κ3) is 9.11. The number of halogens is 2. The Balaban J connectivity index is 0.000000456. The van der Waals surface area contributed by atoms with Crippen molar-refractivity contribution in [1.82, 2.24) is 13.9 Å². The summed E-state index contributed by atoms with van der Waals surface area (Å²) in [4.78, 5) is 18.2. The molecule has 0 radical (unpaired) electrons. The zero-order valence-electron chi connectivity index (χ0n) is 22.6. The number of pyridine rings is 1. The number of carboxylic acids is 1. The Morgan fingerprint density at radius 3 is 2.20 bits per heavy atom. The van der Waals surface area contributed by atoms with Crippen LogP contribution in [-0.2, 0) is 40.8 Å². The summed E-state index contributed by atoms with van der Waals surface area (Å²) in [5.41, 5.74) is 2.15. The van der Waals surface area contributed by atoms with Crippen molar-refractivity contribution < 1.29 is 45.5 Å². The summed E-state index contributed by atoms with van der Waals surface area (Å²) in [6, 6.07) is 16.6. The lowest BCUT2D eigenvalue weighted by Crippen LogP contribution is -2.17. The number of imidazole rings is 1. The van der Waals surface area contributed by atoms with Crippen molar-refractivity contribution >= 4 is 37.8 Å². The van der Waals surface area contributed by atoms with Crippen LogP contribution >= 0.6 is 0 Å². The molecule has 0 bridgehead atoms. The Morgan fingerprint density at radius 2 is 1.66 bits per heavy atom. The van der Waals surface area contributed by atoms with Crippen molar-refractivity contribution in [3.63, 3.8) is 0 Å². The maximum absolute atomic E-state index is 13.4. The summed E-state index contributed by atoms with van der Waals surface area (Å²) in [5, 5.41) is 7.74. The van der Waals surface area contributed by atoms with Crippen LogP contribution < -0.4 is 4.74 Å². The van der Waals surface area contributed by atoms with E-state index in [0.717, 1.165) is 16.6 Å². The highest BCUT2D eigenvalue weighted by atomic mass is 32.2. The number of aliphatic carboxylic acids is 1. The predicted molar refractivity (Wildman–Crippen MR) is 147 cm³/mol. The van der Waals surface area contributed by atoms with Gasteiger partial charge in [-0.15, -0.1) is 0 Å². The van der Waals surface area contributed by atoms with E-state index in [9.17, 15) is 26.2 Å². The van der Waals surface area contributed by atoms with E-state index in [2.05, 4.69) is 19.4 Å². The van der Waals surface area contributed by atoms with Crippen molar-refractivity contribution in [3.8, 4) is 5.75 Å². The number of aromatic nitrogens is 3. The molecule has 1 atom stereocenters. The molecule has 1 unspecified atom stereocenters. The lowest BCUT2D eigenvalue weighted by Gasteiger charge is -2.12. The highest BCUT2D eigenvalue weighted by molar-refractivity contribution is 7.91. The number of ether oxygens (including phenoxy) is 3. The van der Waals surface area contributed by atoms with E-state index >= 15 is 0 Å². The first-order valence-electron chi connectivity index (χ1n) is 11.6. The van der Waals surface area contributed by atoms with E-state index in [0.29, 0.717) is 22.5 Å². The zero-order chi connectivity index (χ0) is 30.6. The molecule has 11 nitrogen and oxygen atoms in total. The van der Waals surface area contributed by atoms with Gasteiger partial charge in [-0.1, -0.05) is 30.3 Å². The van der Waals surface area contributed by atoms with Crippen LogP contribution in [0.4, 0.5) is 8.78 Å². The molecule has 0 aliphatic rings. The van der Waals surface area contributed by atoms with Crippen molar-refractivity contribution in [2.24, 2.45) is 0 Å². The number of para-hydroxylation sites is 2. The van der Waals surface area contributed by atoms with Gasteiger partial charge in [-0.2, -0.15) is 8.78 Å². The van der Waals surface area contributed by atoms with Crippen molar-refractivity contribution in [3.05, 3.63) is 78.1 Å². The Labute approximate surface area is 238 Å². The summed E-state index contributed by atoms with van der Waals surface area (Å²) >= 11 is 0. The second-order valence-corrected chi connectivity index (χ2v) is 11.0. The molecule has 41 heavy (non-hydrogen) atoms. The molecule has 2 aromatic heterocycles. The topological polar surface area (TPSA) is 147 Å². The molecule has 4 aromatic rings. The maximum Gasteiger partial charge on any atom is 0.345 e. The summed E-state index contributed by atoms with van der Waals surface area (Å²) in [6.07, 6.45) is 1.61. The first kappa shape index (κ1) is 33.4. The van der Waals surface area contributed by atoms with Gasteiger partial charge in [0.2, 0.25) is 5.16 Å². The van der Waals surface area contributed by atoms with Crippen LogP contribution in [0.3, 0.4) is 0 Å². The molecule has 0 amide bonds. The van der Waals surface area contributed by atoms with Gasteiger partial charge in [0.15, 0.2) is 0 Å². The Kier molecular flexibility index (Phi) is 12.9. The molecule has 0 saturated heterocycles. The average Bonchev–Trinajstić information content (AvgIpc) is 3.35. The fourth-order valence-electron chi connectivity index (χ4n) is 3.35. The summed E-state index contributed by atoms with van der Waals surface area (Å²) < 4.78 is 75.3. The van der Waals surface area contributed by atoms with E-state index < -0.39 is 33.4 Å². The van der Waals surface area contributed by atoms with Gasteiger partial charge < -0.3 is 19.3 Å².